The minimum absolute atomic E-state index is 0.379. The van der Waals surface area contributed by atoms with Gasteiger partial charge in [0, 0.05) is 29.0 Å². The van der Waals surface area contributed by atoms with Gasteiger partial charge in [0.25, 0.3) is 0 Å². The molecule has 20 heavy (non-hydrogen) atoms. The highest BCUT2D eigenvalue weighted by Crippen LogP contribution is 2.31. The minimum atomic E-state index is 0.379. The molecule has 1 atom stereocenters. The molecular weight excluding hydrogens is 314 g/mol. The summed E-state index contributed by atoms with van der Waals surface area (Å²) in [5, 5.41) is 3.65. The smallest absolute Gasteiger partial charge is 0.124 e. The summed E-state index contributed by atoms with van der Waals surface area (Å²) < 4.78 is 6.86. The summed E-state index contributed by atoms with van der Waals surface area (Å²) in [4.78, 5) is 0. The third-order valence-corrected chi connectivity index (χ3v) is 4.62. The van der Waals surface area contributed by atoms with Gasteiger partial charge < -0.3 is 10.1 Å². The second kappa shape index (κ2) is 5.98. The highest BCUT2D eigenvalue weighted by molar-refractivity contribution is 9.10. The van der Waals surface area contributed by atoms with Crippen LogP contribution in [0.15, 0.2) is 46.9 Å². The zero-order valence-corrected chi connectivity index (χ0v) is 13.1. The molecule has 104 valence electrons. The van der Waals surface area contributed by atoms with Crippen LogP contribution in [0.2, 0.25) is 0 Å². The molecule has 0 radical (unpaired) electrons. The SMILES string of the molecule is Cc1cc(CNC2CCOc3ccccc32)ccc1Br. The van der Waals surface area contributed by atoms with Crippen molar-refractivity contribution in [2.45, 2.75) is 25.9 Å². The van der Waals surface area contributed by atoms with Crippen molar-refractivity contribution in [3.63, 3.8) is 0 Å². The Kier molecular flexibility index (Phi) is 4.08. The van der Waals surface area contributed by atoms with Crippen LogP contribution in [0.4, 0.5) is 0 Å². The molecule has 1 unspecified atom stereocenters. The Balaban J connectivity index is 1.71. The predicted octanol–water partition coefficient (Wildman–Crippen LogP) is 4.37. The molecule has 3 heteroatoms. The van der Waals surface area contributed by atoms with Crippen LogP contribution in [0.3, 0.4) is 0 Å². The third kappa shape index (κ3) is 2.89. The molecular formula is C17H18BrNO. The van der Waals surface area contributed by atoms with E-state index in [1.165, 1.54) is 16.7 Å². The molecule has 0 amide bonds. The van der Waals surface area contributed by atoms with Crippen LogP contribution in [0.1, 0.15) is 29.2 Å². The van der Waals surface area contributed by atoms with Gasteiger partial charge in [-0.1, -0.05) is 46.3 Å². The van der Waals surface area contributed by atoms with Crippen LogP contribution in [0.25, 0.3) is 0 Å². The predicted molar refractivity (Wildman–Crippen MR) is 85.0 cm³/mol. The van der Waals surface area contributed by atoms with E-state index in [0.717, 1.165) is 29.8 Å². The Morgan fingerprint density at radius 1 is 1.25 bits per heavy atom. The number of ether oxygens (including phenoxy) is 1. The Morgan fingerprint density at radius 3 is 2.95 bits per heavy atom. The van der Waals surface area contributed by atoms with E-state index in [1.54, 1.807) is 0 Å². The lowest BCUT2D eigenvalue weighted by atomic mass is 10.00. The fourth-order valence-corrected chi connectivity index (χ4v) is 2.86. The van der Waals surface area contributed by atoms with Gasteiger partial charge in [-0.05, 0) is 30.2 Å². The van der Waals surface area contributed by atoms with Crippen molar-refractivity contribution >= 4 is 15.9 Å². The van der Waals surface area contributed by atoms with Gasteiger partial charge >= 0.3 is 0 Å². The average molecular weight is 332 g/mol. The molecule has 1 aliphatic rings. The molecule has 2 aromatic carbocycles. The zero-order valence-electron chi connectivity index (χ0n) is 11.5. The van der Waals surface area contributed by atoms with E-state index in [4.69, 9.17) is 4.74 Å². The average Bonchev–Trinajstić information content (AvgIpc) is 2.48. The van der Waals surface area contributed by atoms with Gasteiger partial charge in [-0.15, -0.1) is 0 Å². The highest BCUT2D eigenvalue weighted by atomic mass is 79.9. The number of hydrogen-bond acceptors (Lipinski definition) is 2. The number of nitrogens with one attached hydrogen (secondary N) is 1. The van der Waals surface area contributed by atoms with Crippen LogP contribution >= 0.6 is 15.9 Å². The first-order valence-electron chi connectivity index (χ1n) is 6.94. The van der Waals surface area contributed by atoms with E-state index in [0.29, 0.717) is 6.04 Å². The summed E-state index contributed by atoms with van der Waals surface area (Å²) in [6.45, 7) is 3.79. The van der Waals surface area contributed by atoms with E-state index in [1.807, 2.05) is 12.1 Å². The molecule has 0 spiro atoms. The molecule has 0 aliphatic carbocycles. The van der Waals surface area contributed by atoms with Crippen LogP contribution in [0, 0.1) is 6.92 Å². The van der Waals surface area contributed by atoms with E-state index < -0.39 is 0 Å². The van der Waals surface area contributed by atoms with Crippen LogP contribution < -0.4 is 10.1 Å². The molecule has 0 fully saturated rings. The number of halogens is 1. The van der Waals surface area contributed by atoms with Crippen molar-refractivity contribution in [1.29, 1.82) is 0 Å². The second-order valence-electron chi connectivity index (χ2n) is 5.19. The second-order valence-corrected chi connectivity index (χ2v) is 6.05. The molecule has 1 aliphatic heterocycles. The van der Waals surface area contributed by atoms with E-state index >= 15 is 0 Å². The van der Waals surface area contributed by atoms with Gasteiger partial charge in [-0.2, -0.15) is 0 Å². The number of rotatable bonds is 3. The van der Waals surface area contributed by atoms with Gasteiger partial charge in [0.2, 0.25) is 0 Å². The van der Waals surface area contributed by atoms with Crippen molar-refractivity contribution in [3.8, 4) is 5.75 Å². The summed E-state index contributed by atoms with van der Waals surface area (Å²) in [6, 6.07) is 15.2. The van der Waals surface area contributed by atoms with Crippen molar-refractivity contribution in [2.75, 3.05) is 6.61 Å². The van der Waals surface area contributed by atoms with Crippen LogP contribution in [-0.2, 0) is 6.54 Å². The topological polar surface area (TPSA) is 21.3 Å². The maximum Gasteiger partial charge on any atom is 0.124 e. The number of hydrogen-bond donors (Lipinski definition) is 1. The molecule has 3 rings (SSSR count). The Hall–Kier alpha value is -1.32. The first kappa shape index (κ1) is 13.7. The maximum atomic E-state index is 5.69. The molecule has 1 N–H and O–H groups in total. The van der Waals surface area contributed by atoms with Crippen LogP contribution in [-0.4, -0.2) is 6.61 Å². The number of fused-ring (bicyclic) bond motifs is 1. The lowest BCUT2D eigenvalue weighted by molar-refractivity contribution is 0.252. The van der Waals surface area contributed by atoms with E-state index in [9.17, 15) is 0 Å². The number of para-hydroxylation sites is 1. The molecule has 2 aromatic rings. The largest absolute Gasteiger partial charge is 0.493 e. The first-order valence-corrected chi connectivity index (χ1v) is 7.73. The summed E-state index contributed by atoms with van der Waals surface area (Å²) in [5.74, 6) is 1.02. The standard InChI is InChI=1S/C17H18BrNO/c1-12-10-13(6-7-15(12)18)11-19-16-8-9-20-17-5-3-2-4-14(16)17/h2-7,10,16,19H,8-9,11H2,1H3. The lowest BCUT2D eigenvalue weighted by Gasteiger charge is -2.26. The molecule has 0 bridgehead atoms. The Bertz CT molecular complexity index is 612. The van der Waals surface area contributed by atoms with Gasteiger partial charge in [-0.3, -0.25) is 0 Å². The first-order chi connectivity index (χ1) is 9.74. The zero-order chi connectivity index (χ0) is 13.9. The van der Waals surface area contributed by atoms with Gasteiger partial charge in [0.05, 0.1) is 6.61 Å². The quantitative estimate of drug-likeness (QED) is 0.901. The van der Waals surface area contributed by atoms with Crippen molar-refractivity contribution in [1.82, 2.24) is 5.32 Å². The Morgan fingerprint density at radius 2 is 2.10 bits per heavy atom. The lowest BCUT2D eigenvalue weighted by Crippen LogP contribution is -2.26. The number of aryl methyl sites for hydroxylation is 1. The fourth-order valence-electron chi connectivity index (χ4n) is 2.61. The van der Waals surface area contributed by atoms with E-state index in [2.05, 4.69) is 58.5 Å². The van der Waals surface area contributed by atoms with Crippen molar-refractivity contribution in [2.24, 2.45) is 0 Å². The third-order valence-electron chi connectivity index (χ3n) is 3.73. The highest BCUT2D eigenvalue weighted by Gasteiger charge is 2.20. The molecule has 2 nitrogen and oxygen atoms in total. The summed E-state index contributed by atoms with van der Waals surface area (Å²) >= 11 is 3.54. The fraction of sp³-hybridized carbons (Fsp3) is 0.294. The summed E-state index contributed by atoms with van der Waals surface area (Å²) in [7, 11) is 0. The van der Waals surface area contributed by atoms with Gasteiger partial charge in [0.1, 0.15) is 5.75 Å². The van der Waals surface area contributed by atoms with Gasteiger partial charge in [-0.25, -0.2) is 0 Å². The van der Waals surface area contributed by atoms with Crippen LogP contribution in [0.5, 0.6) is 5.75 Å². The monoisotopic (exact) mass is 331 g/mol. The van der Waals surface area contributed by atoms with Crippen molar-refractivity contribution in [3.05, 3.63) is 63.6 Å². The molecule has 0 saturated carbocycles. The summed E-state index contributed by atoms with van der Waals surface area (Å²) in [6.07, 6.45) is 1.02. The Labute approximate surface area is 128 Å². The molecule has 0 saturated heterocycles. The normalized spacial score (nSPS) is 17.4. The minimum Gasteiger partial charge on any atom is -0.493 e. The van der Waals surface area contributed by atoms with Crippen molar-refractivity contribution < 1.29 is 4.74 Å². The maximum absolute atomic E-state index is 5.69. The number of benzene rings is 2. The summed E-state index contributed by atoms with van der Waals surface area (Å²) in [5.41, 5.74) is 3.86. The van der Waals surface area contributed by atoms with Gasteiger partial charge in [0.15, 0.2) is 0 Å². The van der Waals surface area contributed by atoms with E-state index in [-0.39, 0.29) is 0 Å². The molecule has 0 aromatic heterocycles. The molecule has 1 heterocycles.